The molecule has 0 unspecified atom stereocenters. The van der Waals surface area contributed by atoms with Crippen LogP contribution >= 0.6 is 0 Å². The van der Waals surface area contributed by atoms with E-state index in [1.807, 2.05) is 6.07 Å². The van der Waals surface area contributed by atoms with E-state index >= 15 is 0 Å². The number of hydrogen-bond donors (Lipinski definition) is 2. The van der Waals surface area contributed by atoms with Crippen LogP contribution in [0.1, 0.15) is 60.5 Å². The molecule has 1 saturated carbocycles. The van der Waals surface area contributed by atoms with Crippen molar-refractivity contribution in [1.29, 1.82) is 5.26 Å². The maximum Gasteiger partial charge on any atom is 0.416 e. The van der Waals surface area contributed by atoms with Crippen molar-refractivity contribution in [3.05, 3.63) is 87.8 Å². The summed E-state index contributed by atoms with van der Waals surface area (Å²) in [5, 5.41) is 19.5. The summed E-state index contributed by atoms with van der Waals surface area (Å²) in [5.41, 5.74) is -0.588. The summed E-state index contributed by atoms with van der Waals surface area (Å²) in [6.07, 6.45) is -0.326. The maximum atomic E-state index is 14.0. The van der Waals surface area contributed by atoms with Crippen LogP contribution in [-0.4, -0.2) is 43.0 Å². The summed E-state index contributed by atoms with van der Waals surface area (Å²) in [6, 6.07) is 14.2. The fourth-order valence-electron chi connectivity index (χ4n) is 5.54. The third-order valence-corrected chi connectivity index (χ3v) is 7.79. The Bertz CT molecular complexity index is 1790. The smallest absolute Gasteiger partial charge is 0.353 e. The van der Waals surface area contributed by atoms with Crippen molar-refractivity contribution in [2.75, 3.05) is 0 Å². The molecule has 0 aliphatic heterocycles. The SMILES string of the molecule is CCC(=O)NC1CCC(NC(=O)c2c(-c3ccnn3-c3ccc(C#N)cc3)n(C)n(-c3cccc(C(F)(F)F)c3)c2=O)CC1. The number of alkyl halides is 3. The fraction of sp³-hybridized carbons (Fsp3) is 0.323. The molecule has 0 saturated heterocycles. The van der Waals surface area contributed by atoms with Gasteiger partial charge in [-0.05, 0) is 74.2 Å². The van der Waals surface area contributed by atoms with Crippen LogP contribution in [-0.2, 0) is 18.0 Å². The summed E-state index contributed by atoms with van der Waals surface area (Å²) in [7, 11) is 1.49. The van der Waals surface area contributed by atoms with Crippen LogP contribution < -0.4 is 16.2 Å². The lowest BCUT2D eigenvalue weighted by molar-refractivity contribution is -0.137. The zero-order valence-electron chi connectivity index (χ0n) is 24.1. The Morgan fingerprint density at radius 1 is 1.00 bits per heavy atom. The Hall–Kier alpha value is -5.12. The number of nitrogens with one attached hydrogen (secondary N) is 2. The highest BCUT2D eigenvalue weighted by Gasteiger charge is 2.33. The normalized spacial score (nSPS) is 16.7. The Morgan fingerprint density at radius 3 is 2.27 bits per heavy atom. The highest BCUT2D eigenvalue weighted by atomic mass is 19.4. The number of amides is 2. The monoisotopic (exact) mass is 605 g/mol. The van der Waals surface area contributed by atoms with Crippen LogP contribution in [0.3, 0.4) is 0 Å². The Morgan fingerprint density at radius 2 is 1.66 bits per heavy atom. The van der Waals surface area contributed by atoms with E-state index in [4.69, 9.17) is 0 Å². The molecule has 1 aliphatic carbocycles. The third kappa shape index (κ3) is 6.01. The van der Waals surface area contributed by atoms with Gasteiger partial charge in [0.2, 0.25) is 5.91 Å². The molecule has 2 amide bonds. The van der Waals surface area contributed by atoms with E-state index in [1.54, 1.807) is 37.3 Å². The number of nitrogens with zero attached hydrogens (tertiary/aromatic N) is 5. The van der Waals surface area contributed by atoms with Crippen molar-refractivity contribution < 1.29 is 22.8 Å². The second kappa shape index (κ2) is 12.2. The van der Waals surface area contributed by atoms with Gasteiger partial charge in [0.05, 0.1) is 40.5 Å². The van der Waals surface area contributed by atoms with Crippen molar-refractivity contribution in [2.45, 2.75) is 57.3 Å². The van der Waals surface area contributed by atoms with Crippen LogP contribution in [0.2, 0.25) is 0 Å². The minimum absolute atomic E-state index is 0.00259. The molecular weight excluding hydrogens is 575 g/mol. The average Bonchev–Trinajstić information content (AvgIpc) is 3.59. The van der Waals surface area contributed by atoms with Crippen molar-refractivity contribution in [1.82, 2.24) is 29.8 Å². The number of carbonyl (C=O) groups excluding carboxylic acids is 2. The Labute approximate surface area is 250 Å². The molecule has 2 heterocycles. The molecule has 2 N–H and O–H groups in total. The first-order chi connectivity index (χ1) is 21.0. The first kappa shape index (κ1) is 30.3. The van der Waals surface area contributed by atoms with Gasteiger partial charge < -0.3 is 10.6 Å². The van der Waals surface area contributed by atoms with Gasteiger partial charge in [0.15, 0.2) is 0 Å². The molecule has 228 valence electrons. The van der Waals surface area contributed by atoms with Crippen molar-refractivity contribution >= 4 is 11.8 Å². The van der Waals surface area contributed by atoms with Gasteiger partial charge in [-0.25, -0.2) is 9.36 Å². The number of nitriles is 1. The topological polar surface area (TPSA) is 127 Å². The minimum Gasteiger partial charge on any atom is -0.353 e. The first-order valence-corrected chi connectivity index (χ1v) is 14.2. The highest BCUT2D eigenvalue weighted by Crippen LogP contribution is 2.31. The van der Waals surface area contributed by atoms with E-state index in [0.29, 0.717) is 49.0 Å². The number of carbonyl (C=O) groups is 2. The number of aromatic nitrogens is 4. The van der Waals surface area contributed by atoms with Gasteiger partial charge in [-0.3, -0.25) is 19.1 Å². The predicted molar refractivity (Wildman–Crippen MR) is 155 cm³/mol. The average molecular weight is 606 g/mol. The minimum atomic E-state index is -4.64. The standard InChI is InChI=1S/C31H30F3N7O3/c1-3-26(42)37-21-9-11-22(12-10-21)38-29(43)27-28(25-15-16-36-40(25)23-13-7-19(18-35)8-14-23)39(2)41(30(27)44)24-6-4-5-20(17-24)31(32,33)34/h4-8,13-17,21-22H,3,9-12H2,1-2H3,(H,37,42)(H,38,43). The number of hydrogen-bond acceptors (Lipinski definition) is 5. The maximum absolute atomic E-state index is 14.0. The van der Waals surface area contributed by atoms with Gasteiger partial charge in [-0.1, -0.05) is 13.0 Å². The summed E-state index contributed by atoms with van der Waals surface area (Å²) in [4.78, 5) is 39.6. The van der Waals surface area contributed by atoms with Gasteiger partial charge in [-0.15, -0.1) is 0 Å². The molecule has 1 fully saturated rings. The molecular formula is C31H30F3N7O3. The van der Waals surface area contributed by atoms with Crippen LogP contribution in [0.5, 0.6) is 0 Å². The summed E-state index contributed by atoms with van der Waals surface area (Å²) >= 11 is 0. The van der Waals surface area contributed by atoms with Crippen LogP contribution in [0.4, 0.5) is 13.2 Å². The molecule has 1 aliphatic rings. The largest absolute Gasteiger partial charge is 0.416 e. The van der Waals surface area contributed by atoms with Crippen LogP contribution in [0.25, 0.3) is 22.8 Å². The predicted octanol–water partition coefficient (Wildman–Crippen LogP) is 4.49. The van der Waals surface area contributed by atoms with Gasteiger partial charge in [-0.2, -0.15) is 23.5 Å². The van der Waals surface area contributed by atoms with E-state index in [1.165, 1.54) is 34.7 Å². The van der Waals surface area contributed by atoms with E-state index in [2.05, 4.69) is 15.7 Å². The van der Waals surface area contributed by atoms with Gasteiger partial charge in [0.1, 0.15) is 11.3 Å². The third-order valence-electron chi connectivity index (χ3n) is 7.79. The fourth-order valence-corrected chi connectivity index (χ4v) is 5.54. The molecule has 44 heavy (non-hydrogen) atoms. The lowest BCUT2D eigenvalue weighted by Crippen LogP contribution is -2.44. The van der Waals surface area contributed by atoms with E-state index in [9.17, 15) is 32.8 Å². The molecule has 0 atom stereocenters. The molecule has 13 heteroatoms. The van der Waals surface area contributed by atoms with Crippen molar-refractivity contribution in [2.24, 2.45) is 7.05 Å². The molecule has 2 aromatic heterocycles. The van der Waals surface area contributed by atoms with Crippen LogP contribution in [0.15, 0.2) is 65.6 Å². The second-order valence-electron chi connectivity index (χ2n) is 10.6. The lowest BCUT2D eigenvalue weighted by Gasteiger charge is -2.29. The number of halogens is 3. The molecule has 0 bridgehead atoms. The zero-order chi connectivity index (χ0) is 31.6. The second-order valence-corrected chi connectivity index (χ2v) is 10.6. The van der Waals surface area contributed by atoms with Crippen LogP contribution in [0, 0.1) is 11.3 Å². The zero-order valence-corrected chi connectivity index (χ0v) is 24.1. The van der Waals surface area contributed by atoms with Gasteiger partial charge in [0.25, 0.3) is 11.5 Å². The molecule has 2 aromatic carbocycles. The summed E-state index contributed by atoms with van der Waals surface area (Å²) in [5.74, 6) is -0.708. The van der Waals surface area contributed by atoms with E-state index in [0.717, 1.165) is 16.8 Å². The number of benzene rings is 2. The highest BCUT2D eigenvalue weighted by molar-refractivity contribution is 6.00. The quantitative estimate of drug-likeness (QED) is 0.321. The molecule has 10 nitrogen and oxygen atoms in total. The van der Waals surface area contributed by atoms with Crippen molar-refractivity contribution in [3.8, 4) is 28.8 Å². The number of rotatable bonds is 7. The van der Waals surface area contributed by atoms with Gasteiger partial charge >= 0.3 is 6.18 Å². The van der Waals surface area contributed by atoms with E-state index < -0.39 is 23.2 Å². The summed E-state index contributed by atoms with van der Waals surface area (Å²) in [6.45, 7) is 1.78. The Balaban J connectivity index is 1.57. The van der Waals surface area contributed by atoms with E-state index in [-0.39, 0.29) is 34.9 Å². The summed E-state index contributed by atoms with van der Waals surface area (Å²) < 4.78 is 44.6. The van der Waals surface area contributed by atoms with Gasteiger partial charge in [0, 0.05) is 25.6 Å². The van der Waals surface area contributed by atoms with Crippen molar-refractivity contribution in [3.63, 3.8) is 0 Å². The molecule has 5 rings (SSSR count). The molecule has 0 radical (unpaired) electrons. The lowest BCUT2D eigenvalue weighted by atomic mass is 9.91. The molecule has 4 aromatic rings. The first-order valence-electron chi connectivity index (χ1n) is 14.2. The molecule has 0 spiro atoms. The Kier molecular flexibility index (Phi) is 8.44.